The summed E-state index contributed by atoms with van der Waals surface area (Å²) in [6, 6.07) is 32.4. The summed E-state index contributed by atoms with van der Waals surface area (Å²) in [6.07, 6.45) is -6.16. The molecule has 51 heavy (non-hydrogen) atoms. The summed E-state index contributed by atoms with van der Waals surface area (Å²) in [5.74, 6) is -3.61. The molecule has 5 atom stereocenters. The Balaban J connectivity index is 1.60. The fourth-order valence-corrected chi connectivity index (χ4v) is 6.60. The molecule has 0 aliphatic carbocycles. The van der Waals surface area contributed by atoms with E-state index in [4.69, 9.17) is 28.4 Å². The normalized spacial score (nSPS) is 20.2. The monoisotopic (exact) mass is 712 g/mol. The lowest BCUT2D eigenvalue weighted by Crippen LogP contribution is -2.63. The van der Waals surface area contributed by atoms with Crippen LogP contribution < -0.4 is 0 Å². The summed E-state index contributed by atoms with van der Waals surface area (Å²) >= 11 is 1.06. The second kappa shape index (κ2) is 17.5. The van der Waals surface area contributed by atoms with Crippen molar-refractivity contribution in [3.8, 4) is 0 Å². The van der Waals surface area contributed by atoms with Gasteiger partial charge in [-0.3, -0.25) is 0 Å². The summed E-state index contributed by atoms with van der Waals surface area (Å²) in [5, 5.41) is 0. The van der Waals surface area contributed by atoms with Gasteiger partial charge in [-0.15, -0.1) is 11.8 Å². The van der Waals surface area contributed by atoms with Crippen LogP contribution in [0.15, 0.2) is 121 Å². The number of benzene rings is 4. The van der Waals surface area contributed by atoms with Crippen molar-refractivity contribution in [1.29, 1.82) is 0 Å². The molecule has 0 amide bonds. The maximum Gasteiger partial charge on any atom is 0.348 e. The van der Waals surface area contributed by atoms with Gasteiger partial charge in [0.2, 0.25) is 4.93 Å². The van der Waals surface area contributed by atoms with Gasteiger partial charge < -0.3 is 28.4 Å². The lowest BCUT2D eigenvalue weighted by molar-refractivity contribution is -0.223. The predicted molar refractivity (Wildman–Crippen MR) is 186 cm³/mol. The summed E-state index contributed by atoms with van der Waals surface area (Å²) in [6.45, 7) is 1.19. The molecular formula is C39H36O11S. The molecule has 1 saturated heterocycles. The van der Waals surface area contributed by atoms with E-state index < -0.39 is 65.8 Å². The number of rotatable bonds is 13. The fraction of sp³-hybridized carbons (Fsp3) is 0.256. The molecule has 12 heteroatoms. The molecule has 0 aromatic heterocycles. The molecule has 1 aliphatic heterocycles. The van der Waals surface area contributed by atoms with Gasteiger partial charge in [0.1, 0.15) is 18.8 Å². The smallest absolute Gasteiger partial charge is 0.348 e. The van der Waals surface area contributed by atoms with Crippen LogP contribution in [0, 0.1) is 0 Å². The van der Waals surface area contributed by atoms with Crippen LogP contribution in [0.25, 0.3) is 0 Å². The second-order valence-corrected chi connectivity index (χ2v) is 12.8. The molecule has 4 aromatic carbocycles. The van der Waals surface area contributed by atoms with Crippen LogP contribution in [-0.2, 0) is 33.2 Å². The average molecular weight is 713 g/mol. The highest BCUT2D eigenvalue weighted by Crippen LogP contribution is 2.43. The third-order valence-corrected chi connectivity index (χ3v) is 9.09. The first-order valence-electron chi connectivity index (χ1n) is 16.1. The standard InChI is InChI=1S/C39H36O11S/c1-3-51-39(38(44)45-2)24-30(47-35(41)27-18-10-5-11-19-27)32(49-37(43)29-22-14-7-15-23-29)33(50-39)31(48-36(42)28-20-12-6-13-21-28)25-46-34(40)26-16-8-4-9-17-26/h4-23,30-33H,3,24-25H2,1-2H3/t30-,31-,32-,33+,39-/m1/s1. The van der Waals surface area contributed by atoms with E-state index in [1.807, 2.05) is 0 Å². The van der Waals surface area contributed by atoms with E-state index in [-0.39, 0.29) is 28.7 Å². The number of carbonyl (C=O) groups excluding carboxylic acids is 5. The molecule has 0 radical (unpaired) electrons. The molecule has 0 bridgehead atoms. The second-order valence-electron chi connectivity index (χ2n) is 11.3. The van der Waals surface area contributed by atoms with E-state index in [0.29, 0.717) is 5.75 Å². The fourth-order valence-electron chi connectivity index (χ4n) is 5.48. The Morgan fingerprint density at radius 3 is 1.61 bits per heavy atom. The van der Waals surface area contributed by atoms with Gasteiger partial charge in [0.15, 0.2) is 12.2 Å². The van der Waals surface area contributed by atoms with Crippen LogP contribution in [0.1, 0.15) is 54.8 Å². The number of ether oxygens (including phenoxy) is 6. The number of carbonyl (C=O) groups is 5. The minimum absolute atomic E-state index is 0.166. The largest absolute Gasteiger partial charge is 0.466 e. The quantitative estimate of drug-likeness (QED) is 0.120. The van der Waals surface area contributed by atoms with Crippen molar-refractivity contribution in [2.45, 2.75) is 42.7 Å². The third kappa shape index (κ3) is 9.21. The maximum absolute atomic E-state index is 13.6. The lowest BCUT2D eigenvalue weighted by atomic mass is 9.93. The van der Waals surface area contributed by atoms with Crippen molar-refractivity contribution < 1.29 is 52.4 Å². The van der Waals surface area contributed by atoms with Crippen LogP contribution in [0.3, 0.4) is 0 Å². The maximum atomic E-state index is 13.6. The van der Waals surface area contributed by atoms with Crippen molar-refractivity contribution in [3.05, 3.63) is 144 Å². The van der Waals surface area contributed by atoms with E-state index in [1.165, 1.54) is 31.4 Å². The Hall–Kier alpha value is -5.46. The minimum atomic E-state index is -1.83. The molecular weight excluding hydrogens is 676 g/mol. The van der Waals surface area contributed by atoms with Gasteiger partial charge >= 0.3 is 29.8 Å². The van der Waals surface area contributed by atoms with Crippen molar-refractivity contribution in [2.75, 3.05) is 19.5 Å². The average Bonchev–Trinajstić information content (AvgIpc) is 3.18. The molecule has 0 saturated carbocycles. The zero-order chi connectivity index (χ0) is 36.2. The van der Waals surface area contributed by atoms with Gasteiger partial charge in [-0.25, -0.2) is 24.0 Å². The highest BCUT2D eigenvalue weighted by atomic mass is 32.2. The lowest BCUT2D eigenvalue weighted by Gasteiger charge is -2.47. The van der Waals surface area contributed by atoms with Crippen molar-refractivity contribution in [2.24, 2.45) is 0 Å². The van der Waals surface area contributed by atoms with Gasteiger partial charge in [-0.1, -0.05) is 79.7 Å². The molecule has 1 heterocycles. The molecule has 4 aromatic rings. The number of thioether (sulfide) groups is 1. The molecule has 264 valence electrons. The summed E-state index contributed by atoms with van der Waals surface area (Å²) in [4.78, 5) is 65.7. The van der Waals surface area contributed by atoms with Gasteiger partial charge in [0.05, 0.1) is 29.4 Å². The minimum Gasteiger partial charge on any atom is -0.466 e. The Bertz CT molecular complexity index is 1790. The molecule has 0 N–H and O–H groups in total. The Kier molecular flexibility index (Phi) is 12.6. The molecule has 0 spiro atoms. The van der Waals surface area contributed by atoms with E-state index in [2.05, 4.69) is 0 Å². The summed E-state index contributed by atoms with van der Waals surface area (Å²) in [7, 11) is 1.18. The zero-order valence-electron chi connectivity index (χ0n) is 27.9. The molecule has 1 aliphatic rings. The molecule has 0 unspecified atom stereocenters. The van der Waals surface area contributed by atoms with E-state index >= 15 is 0 Å². The topological polar surface area (TPSA) is 141 Å². The predicted octanol–water partition coefficient (Wildman–Crippen LogP) is 5.93. The van der Waals surface area contributed by atoms with Crippen molar-refractivity contribution >= 4 is 41.6 Å². The Morgan fingerprint density at radius 2 is 1.14 bits per heavy atom. The first-order valence-corrected chi connectivity index (χ1v) is 17.1. The molecule has 11 nitrogen and oxygen atoms in total. The highest BCUT2D eigenvalue weighted by Gasteiger charge is 2.58. The van der Waals surface area contributed by atoms with Crippen LogP contribution in [0.4, 0.5) is 0 Å². The third-order valence-electron chi connectivity index (χ3n) is 7.90. The number of hydrogen-bond acceptors (Lipinski definition) is 12. The van der Waals surface area contributed by atoms with Gasteiger partial charge in [0, 0.05) is 6.42 Å². The first-order chi connectivity index (χ1) is 24.7. The zero-order valence-corrected chi connectivity index (χ0v) is 28.7. The van der Waals surface area contributed by atoms with Crippen LogP contribution in [0.5, 0.6) is 0 Å². The summed E-state index contributed by atoms with van der Waals surface area (Å²) in [5.41, 5.74) is 0.761. The first kappa shape index (κ1) is 36.8. The number of esters is 5. The van der Waals surface area contributed by atoms with E-state index in [1.54, 1.807) is 104 Å². The van der Waals surface area contributed by atoms with E-state index in [9.17, 15) is 24.0 Å². The van der Waals surface area contributed by atoms with Gasteiger partial charge in [-0.05, 0) is 54.3 Å². The SMILES string of the molecule is CCS[C@@]1(C(=O)OC)C[C@@H](OC(=O)c2ccccc2)[C@@H](OC(=O)c2ccccc2)[C@H]([C@@H](COC(=O)c2ccccc2)OC(=O)c2ccccc2)O1. The highest BCUT2D eigenvalue weighted by molar-refractivity contribution is 8.01. The Morgan fingerprint density at radius 1 is 0.686 bits per heavy atom. The van der Waals surface area contributed by atoms with Crippen LogP contribution >= 0.6 is 11.8 Å². The van der Waals surface area contributed by atoms with Crippen molar-refractivity contribution in [3.63, 3.8) is 0 Å². The Labute approximate surface area is 299 Å². The van der Waals surface area contributed by atoms with Gasteiger partial charge in [0.25, 0.3) is 0 Å². The summed E-state index contributed by atoms with van der Waals surface area (Å²) < 4.78 is 35.4. The molecule has 1 fully saturated rings. The number of hydrogen-bond donors (Lipinski definition) is 0. The van der Waals surface area contributed by atoms with E-state index in [0.717, 1.165) is 11.8 Å². The molecule has 5 rings (SSSR count). The number of methoxy groups -OCH3 is 1. The van der Waals surface area contributed by atoms with Crippen molar-refractivity contribution in [1.82, 2.24) is 0 Å². The van der Waals surface area contributed by atoms with Crippen LogP contribution in [0.2, 0.25) is 0 Å². The van der Waals surface area contributed by atoms with Crippen LogP contribution in [-0.4, -0.2) is 78.7 Å². The van der Waals surface area contributed by atoms with Gasteiger partial charge in [-0.2, -0.15) is 0 Å².